The minimum absolute atomic E-state index is 0.0705. The summed E-state index contributed by atoms with van der Waals surface area (Å²) in [7, 11) is 0. The SMILES string of the molecule is CC/C=C\C/C=C\C/C=C\CCCCCCCCCC(=O)OCC(COCCCCCCCCCCCC/C=C\C/C=C\CCCCC)OC(=O)CCCCCCC/C=C\C/C=C\CCC. The van der Waals surface area contributed by atoms with Gasteiger partial charge in [0, 0.05) is 19.4 Å². The molecule has 0 saturated heterocycles. The van der Waals surface area contributed by atoms with Gasteiger partial charge < -0.3 is 14.2 Å². The highest BCUT2D eigenvalue weighted by molar-refractivity contribution is 5.70. The molecule has 0 fully saturated rings. The summed E-state index contributed by atoms with van der Waals surface area (Å²) in [5.74, 6) is -0.423. The molecule has 380 valence electrons. The maximum absolute atomic E-state index is 12.8. The number of carbonyl (C=O) groups is 2. The van der Waals surface area contributed by atoms with E-state index in [0.717, 1.165) is 103 Å². The molecule has 0 aliphatic carbocycles. The summed E-state index contributed by atoms with van der Waals surface area (Å²) in [6, 6.07) is 0. The molecule has 66 heavy (non-hydrogen) atoms. The van der Waals surface area contributed by atoms with E-state index < -0.39 is 6.10 Å². The van der Waals surface area contributed by atoms with Crippen LogP contribution in [0.4, 0.5) is 0 Å². The van der Waals surface area contributed by atoms with Crippen LogP contribution in [0.2, 0.25) is 0 Å². The van der Waals surface area contributed by atoms with Crippen LogP contribution in [0.3, 0.4) is 0 Å². The molecule has 0 amide bonds. The van der Waals surface area contributed by atoms with Crippen molar-refractivity contribution in [2.45, 2.75) is 271 Å². The van der Waals surface area contributed by atoms with Crippen LogP contribution in [0.5, 0.6) is 0 Å². The van der Waals surface area contributed by atoms with Gasteiger partial charge in [-0.3, -0.25) is 9.59 Å². The maximum Gasteiger partial charge on any atom is 0.306 e. The minimum atomic E-state index is -0.553. The molecule has 1 unspecified atom stereocenters. The predicted octanol–water partition coefficient (Wildman–Crippen LogP) is 19.2. The first kappa shape index (κ1) is 63.1. The smallest absolute Gasteiger partial charge is 0.306 e. The number of unbranched alkanes of at least 4 members (excludes halogenated alkanes) is 26. The lowest BCUT2D eigenvalue weighted by Gasteiger charge is -2.18. The number of allylic oxidation sites excluding steroid dienone is 14. The molecule has 0 aliphatic heterocycles. The normalized spacial score (nSPS) is 12.8. The Morgan fingerprint density at radius 3 is 1.15 bits per heavy atom. The molecule has 0 aromatic carbocycles. The van der Waals surface area contributed by atoms with Crippen LogP contribution >= 0.6 is 0 Å². The van der Waals surface area contributed by atoms with Crippen molar-refractivity contribution in [3.05, 3.63) is 85.1 Å². The third kappa shape index (κ3) is 53.7. The molecule has 1 atom stereocenters. The first-order valence-corrected chi connectivity index (χ1v) is 28.1. The molecule has 5 heteroatoms. The number of esters is 2. The summed E-state index contributed by atoms with van der Waals surface area (Å²) < 4.78 is 17.4. The predicted molar refractivity (Wildman–Crippen MR) is 288 cm³/mol. The Balaban J connectivity index is 4.27. The Hall–Kier alpha value is -2.92. The van der Waals surface area contributed by atoms with Crippen molar-refractivity contribution in [3.8, 4) is 0 Å². The van der Waals surface area contributed by atoms with Crippen molar-refractivity contribution in [3.63, 3.8) is 0 Å². The number of carbonyl (C=O) groups excluding carboxylic acids is 2. The van der Waals surface area contributed by atoms with Gasteiger partial charge in [-0.25, -0.2) is 0 Å². The van der Waals surface area contributed by atoms with Crippen molar-refractivity contribution in [2.75, 3.05) is 19.8 Å². The van der Waals surface area contributed by atoms with E-state index in [2.05, 4.69) is 106 Å². The molecule has 0 saturated carbocycles. The monoisotopic (exact) mass is 919 g/mol. The second-order valence-corrected chi connectivity index (χ2v) is 18.4. The summed E-state index contributed by atoms with van der Waals surface area (Å²) in [5.41, 5.74) is 0. The lowest BCUT2D eigenvalue weighted by atomic mass is 10.1. The molecular formula is C61H106O5. The Labute approximate surface area is 409 Å². The third-order valence-electron chi connectivity index (χ3n) is 11.9. The van der Waals surface area contributed by atoms with Crippen LogP contribution < -0.4 is 0 Å². The Morgan fingerprint density at radius 2 is 0.712 bits per heavy atom. The van der Waals surface area contributed by atoms with Gasteiger partial charge in [-0.05, 0) is 109 Å². The molecule has 0 aliphatic rings. The van der Waals surface area contributed by atoms with E-state index in [-0.39, 0.29) is 25.2 Å². The second-order valence-electron chi connectivity index (χ2n) is 18.4. The maximum atomic E-state index is 12.8. The fourth-order valence-corrected chi connectivity index (χ4v) is 7.71. The van der Waals surface area contributed by atoms with Gasteiger partial charge in [0.05, 0.1) is 6.61 Å². The van der Waals surface area contributed by atoms with Crippen molar-refractivity contribution < 1.29 is 23.8 Å². The van der Waals surface area contributed by atoms with E-state index in [1.807, 2.05) is 0 Å². The van der Waals surface area contributed by atoms with Crippen molar-refractivity contribution >= 4 is 11.9 Å². The number of hydrogen-bond donors (Lipinski definition) is 0. The summed E-state index contributed by atoms with van der Waals surface area (Å²) in [6.07, 6.45) is 74.6. The highest BCUT2D eigenvalue weighted by Crippen LogP contribution is 2.14. The number of rotatable bonds is 51. The summed E-state index contributed by atoms with van der Waals surface area (Å²) >= 11 is 0. The largest absolute Gasteiger partial charge is 0.462 e. The Bertz CT molecular complexity index is 1220. The van der Waals surface area contributed by atoms with Crippen LogP contribution in [-0.4, -0.2) is 37.9 Å². The molecule has 0 aromatic rings. The van der Waals surface area contributed by atoms with E-state index in [9.17, 15) is 9.59 Å². The lowest BCUT2D eigenvalue weighted by molar-refractivity contribution is -0.163. The standard InChI is InChI=1S/C61H106O5/c1-4-7-10-13-16-19-22-25-27-29-30-31-33-35-38-41-44-47-50-53-56-64-57-59(66-61(63)55-52-49-46-43-40-36-24-21-18-15-12-9-6-3)58-65-60(62)54-51-48-45-42-39-37-34-32-28-26-23-20-17-14-11-8-5-2/h8,11-12,15-17,19-21,24-28,59H,4-7,9-10,13-14,18,22-23,29-58H2,1-3H3/b11-8-,15-12-,19-16-,20-17-,24-21-,27-25-,28-26-. The van der Waals surface area contributed by atoms with Gasteiger partial charge in [-0.2, -0.15) is 0 Å². The molecule has 5 nitrogen and oxygen atoms in total. The highest BCUT2D eigenvalue weighted by atomic mass is 16.6. The fourth-order valence-electron chi connectivity index (χ4n) is 7.71. The number of ether oxygens (including phenoxy) is 3. The van der Waals surface area contributed by atoms with Crippen LogP contribution in [0.25, 0.3) is 0 Å². The zero-order chi connectivity index (χ0) is 47.7. The Morgan fingerprint density at radius 1 is 0.348 bits per heavy atom. The molecule has 0 aromatic heterocycles. The van der Waals surface area contributed by atoms with Gasteiger partial charge in [-0.15, -0.1) is 0 Å². The van der Waals surface area contributed by atoms with Crippen molar-refractivity contribution in [2.24, 2.45) is 0 Å². The van der Waals surface area contributed by atoms with E-state index in [0.29, 0.717) is 19.4 Å². The molecule has 0 N–H and O–H groups in total. The molecule has 0 rings (SSSR count). The molecule has 0 bridgehead atoms. The van der Waals surface area contributed by atoms with Crippen molar-refractivity contribution in [1.29, 1.82) is 0 Å². The van der Waals surface area contributed by atoms with E-state index in [1.54, 1.807) is 0 Å². The van der Waals surface area contributed by atoms with Gasteiger partial charge in [0.1, 0.15) is 6.61 Å². The minimum Gasteiger partial charge on any atom is -0.462 e. The van der Waals surface area contributed by atoms with Crippen LogP contribution in [0.15, 0.2) is 85.1 Å². The summed E-state index contributed by atoms with van der Waals surface area (Å²) in [5, 5.41) is 0. The van der Waals surface area contributed by atoms with Crippen LogP contribution in [0.1, 0.15) is 265 Å². The molecule has 0 radical (unpaired) electrons. The third-order valence-corrected chi connectivity index (χ3v) is 11.9. The van der Waals surface area contributed by atoms with Gasteiger partial charge in [0.25, 0.3) is 0 Å². The average molecular weight is 920 g/mol. The van der Waals surface area contributed by atoms with E-state index in [1.165, 1.54) is 128 Å². The lowest BCUT2D eigenvalue weighted by Crippen LogP contribution is -2.30. The van der Waals surface area contributed by atoms with Gasteiger partial charge >= 0.3 is 11.9 Å². The quantitative estimate of drug-likeness (QED) is 0.0346. The second kappa shape index (κ2) is 56.4. The first-order chi connectivity index (χ1) is 32.6. The van der Waals surface area contributed by atoms with Gasteiger partial charge in [0.2, 0.25) is 0 Å². The van der Waals surface area contributed by atoms with Crippen LogP contribution in [0, 0.1) is 0 Å². The number of hydrogen-bond acceptors (Lipinski definition) is 5. The zero-order valence-corrected chi connectivity index (χ0v) is 43.7. The molecule has 0 heterocycles. The zero-order valence-electron chi connectivity index (χ0n) is 43.7. The molecule has 0 spiro atoms. The van der Waals surface area contributed by atoms with Crippen molar-refractivity contribution in [1.82, 2.24) is 0 Å². The van der Waals surface area contributed by atoms with Gasteiger partial charge in [0.15, 0.2) is 6.10 Å². The average Bonchev–Trinajstić information content (AvgIpc) is 3.32. The Kier molecular flexibility index (Phi) is 53.9. The van der Waals surface area contributed by atoms with Gasteiger partial charge in [-0.1, -0.05) is 228 Å². The van der Waals surface area contributed by atoms with E-state index >= 15 is 0 Å². The highest BCUT2D eigenvalue weighted by Gasteiger charge is 2.17. The first-order valence-electron chi connectivity index (χ1n) is 28.1. The molecular weight excluding hydrogens is 813 g/mol. The summed E-state index contributed by atoms with van der Waals surface area (Å²) in [4.78, 5) is 25.5. The van der Waals surface area contributed by atoms with Crippen LogP contribution in [-0.2, 0) is 23.8 Å². The fraction of sp³-hybridized carbons (Fsp3) is 0.738. The van der Waals surface area contributed by atoms with E-state index in [4.69, 9.17) is 14.2 Å². The summed E-state index contributed by atoms with van der Waals surface area (Å²) in [6.45, 7) is 7.62. The topological polar surface area (TPSA) is 61.8 Å².